The van der Waals surface area contributed by atoms with Crippen LogP contribution in [0.4, 0.5) is 0 Å². The number of hydrazine groups is 1. The van der Waals surface area contributed by atoms with Gasteiger partial charge in [-0.05, 0) is 25.0 Å². The van der Waals surface area contributed by atoms with Crippen molar-refractivity contribution in [2.24, 2.45) is 11.8 Å². The number of rotatable bonds is 4. The molecule has 1 fully saturated rings. The minimum Gasteiger partial charge on any atom is -0.496 e. The zero-order valence-electron chi connectivity index (χ0n) is 10.5. The molecule has 100 valence electrons. The smallest absolute Gasteiger partial charge is 0.125 e. The molecule has 0 saturated carbocycles. The first-order valence-electron chi connectivity index (χ1n) is 6.13. The first-order valence-corrected chi connectivity index (χ1v) is 6.51. The fraction of sp³-hybridized carbons (Fsp3) is 0.538. The SMILES string of the molecule is COc1cc(Cl)ccc1C(NN)C1CCCOC1. The van der Waals surface area contributed by atoms with E-state index in [0.717, 1.165) is 37.4 Å². The van der Waals surface area contributed by atoms with Gasteiger partial charge in [0.05, 0.1) is 19.8 Å². The summed E-state index contributed by atoms with van der Waals surface area (Å²) >= 11 is 5.97. The summed E-state index contributed by atoms with van der Waals surface area (Å²) in [5.74, 6) is 6.82. The molecule has 3 N–H and O–H groups in total. The molecule has 0 aromatic heterocycles. The molecule has 1 aromatic rings. The Balaban J connectivity index is 2.25. The highest BCUT2D eigenvalue weighted by molar-refractivity contribution is 6.30. The van der Waals surface area contributed by atoms with Crippen LogP contribution in [0.1, 0.15) is 24.4 Å². The average Bonchev–Trinajstić information content (AvgIpc) is 2.42. The van der Waals surface area contributed by atoms with E-state index in [0.29, 0.717) is 10.9 Å². The molecule has 2 unspecified atom stereocenters. The van der Waals surface area contributed by atoms with Crippen molar-refractivity contribution < 1.29 is 9.47 Å². The number of hydrogen-bond donors (Lipinski definition) is 2. The van der Waals surface area contributed by atoms with Crippen LogP contribution in [0, 0.1) is 5.92 Å². The highest BCUT2D eigenvalue weighted by Gasteiger charge is 2.27. The van der Waals surface area contributed by atoms with E-state index >= 15 is 0 Å². The molecule has 5 heteroatoms. The number of hydrogen-bond acceptors (Lipinski definition) is 4. The molecule has 2 rings (SSSR count). The lowest BCUT2D eigenvalue weighted by molar-refractivity contribution is 0.0386. The number of benzene rings is 1. The summed E-state index contributed by atoms with van der Waals surface area (Å²) < 4.78 is 10.9. The Labute approximate surface area is 112 Å². The summed E-state index contributed by atoms with van der Waals surface area (Å²) in [4.78, 5) is 0. The molecule has 0 spiro atoms. The molecule has 0 bridgehead atoms. The third kappa shape index (κ3) is 2.95. The predicted octanol–water partition coefficient (Wildman–Crippen LogP) is 2.28. The van der Waals surface area contributed by atoms with Gasteiger partial charge in [-0.25, -0.2) is 0 Å². The first-order chi connectivity index (χ1) is 8.76. The molecule has 0 radical (unpaired) electrons. The molecule has 1 aliphatic rings. The van der Waals surface area contributed by atoms with Crippen molar-refractivity contribution >= 4 is 11.6 Å². The second-order valence-electron chi connectivity index (χ2n) is 4.51. The van der Waals surface area contributed by atoms with Crippen LogP contribution in [0.3, 0.4) is 0 Å². The number of methoxy groups -OCH3 is 1. The van der Waals surface area contributed by atoms with Crippen molar-refractivity contribution in [2.45, 2.75) is 18.9 Å². The second kappa shape index (κ2) is 6.38. The second-order valence-corrected chi connectivity index (χ2v) is 4.94. The molecule has 0 amide bonds. The highest BCUT2D eigenvalue weighted by atomic mass is 35.5. The van der Waals surface area contributed by atoms with Gasteiger partial charge in [-0.15, -0.1) is 0 Å². The maximum absolute atomic E-state index is 5.97. The molecule has 1 aliphatic heterocycles. The number of nitrogens with one attached hydrogen (secondary N) is 1. The Morgan fingerprint density at radius 1 is 1.56 bits per heavy atom. The Morgan fingerprint density at radius 2 is 2.39 bits per heavy atom. The molecular formula is C13H19ClN2O2. The summed E-state index contributed by atoms with van der Waals surface area (Å²) in [5, 5.41) is 0.659. The van der Waals surface area contributed by atoms with E-state index < -0.39 is 0 Å². The topological polar surface area (TPSA) is 56.5 Å². The molecule has 1 saturated heterocycles. The van der Waals surface area contributed by atoms with Crippen molar-refractivity contribution in [3.05, 3.63) is 28.8 Å². The molecule has 4 nitrogen and oxygen atoms in total. The Kier molecular flexibility index (Phi) is 4.83. The Hall–Kier alpha value is -0.810. The first kappa shape index (κ1) is 13.6. The van der Waals surface area contributed by atoms with Crippen LogP contribution in [0.15, 0.2) is 18.2 Å². The van der Waals surface area contributed by atoms with Crippen molar-refractivity contribution in [2.75, 3.05) is 20.3 Å². The molecule has 1 aromatic carbocycles. The van der Waals surface area contributed by atoms with E-state index in [1.807, 2.05) is 18.2 Å². The van der Waals surface area contributed by atoms with Crippen LogP contribution in [0.25, 0.3) is 0 Å². The minimum atomic E-state index is 0.0255. The Morgan fingerprint density at radius 3 is 3.00 bits per heavy atom. The van der Waals surface area contributed by atoms with Gasteiger partial charge in [-0.2, -0.15) is 0 Å². The van der Waals surface area contributed by atoms with Gasteiger partial charge >= 0.3 is 0 Å². The standard InChI is InChI=1S/C13H19ClN2O2/c1-17-12-7-10(14)4-5-11(12)13(16-15)9-3-2-6-18-8-9/h4-5,7,9,13,16H,2-3,6,8,15H2,1H3. The van der Waals surface area contributed by atoms with Crippen LogP contribution in [0.5, 0.6) is 5.75 Å². The van der Waals surface area contributed by atoms with E-state index in [4.69, 9.17) is 26.9 Å². The highest BCUT2D eigenvalue weighted by Crippen LogP contribution is 2.35. The van der Waals surface area contributed by atoms with E-state index in [1.54, 1.807) is 7.11 Å². The van der Waals surface area contributed by atoms with Crippen LogP contribution in [-0.2, 0) is 4.74 Å². The van der Waals surface area contributed by atoms with E-state index in [2.05, 4.69) is 5.43 Å². The van der Waals surface area contributed by atoms with Crippen LogP contribution >= 0.6 is 11.6 Å². The lowest BCUT2D eigenvalue weighted by Crippen LogP contribution is -2.37. The maximum atomic E-state index is 5.97. The fourth-order valence-electron chi connectivity index (χ4n) is 2.45. The van der Waals surface area contributed by atoms with Gasteiger partial charge in [0.2, 0.25) is 0 Å². The fourth-order valence-corrected chi connectivity index (χ4v) is 2.61. The lowest BCUT2D eigenvalue weighted by atomic mass is 9.88. The summed E-state index contributed by atoms with van der Waals surface area (Å²) in [6.45, 7) is 1.56. The molecule has 1 heterocycles. The number of nitrogens with two attached hydrogens (primary N) is 1. The molecule has 0 aliphatic carbocycles. The van der Waals surface area contributed by atoms with Gasteiger partial charge in [-0.3, -0.25) is 11.3 Å². The maximum Gasteiger partial charge on any atom is 0.125 e. The third-order valence-electron chi connectivity index (χ3n) is 3.38. The summed E-state index contributed by atoms with van der Waals surface area (Å²) in [7, 11) is 1.64. The normalized spacial score (nSPS) is 21.6. The van der Waals surface area contributed by atoms with Crippen LogP contribution in [0.2, 0.25) is 5.02 Å². The zero-order valence-corrected chi connectivity index (χ0v) is 11.2. The monoisotopic (exact) mass is 270 g/mol. The van der Waals surface area contributed by atoms with Gasteiger partial charge in [0.25, 0.3) is 0 Å². The van der Waals surface area contributed by atoms with Crippen molar-refractivity contribution in [3.8, 4) is 5.75 Å². The van der Waals surface area contributed by atoms with Crippen LogP contribution in [-0.4, -0.2) is 20.3 Å². The van der Waals surface area contributed by atoms with Gasteiger partial charge in [-0.1, -0.05) is 17.7 Å². The van der Waals surface area contributed by atoms with Gasteiger partial charge in [0.15, 0.2) is 0 Å². The van der Waals surface area contributed by atoms with E-state index in [1.165, 1.54) is 0 Å². The lowest BCUT2D eigenvalue weighted by Gasteiger charge is -2.30. The van der Waals surface area contributed by atoms with Gasteiger partial charge < -0.3 is 9.47 Å². The molecule has 18 heavy (non-hydrogen) atoms. The van der Waals surface area contributed by atoms with E-state index in [9.17, 15) is 0 Å². The van der Waals surface area contributed by atoms with Crippen LogP contribution < -0.4 is 16.0 Å². The van der Waals surface area contributed by atoms with Gasteiger partial charge in [0, 0.05) is 23.1 Å². The van der Waals surface area contributed by atoms with Crippen molar-refractivity contribution in [1.29, 1.82) is 0 Å². The van der Waals surface area contributed by atoms with E-state index in [-0.39, 0.29) is 6.04 Å². The minimum absolute atomic E-state index is 0.0255. The van der Waals surface area contributed by atoms with Gasteiger partial charge in [0.1, 0.15) is 5.75 Å². The Bertz CT molecular complexity index is 395. The predicted molar refractivity (Wildman–Crippen MR) is 71.6 cm³/mol. The quantitative estimate of drug-likeness (QED) is 0.651. The van der Waals surface area contributed by atoms with Crippen molar-refractivity contribution in [1.82, 2.24) is 5.43 Å². The zero-order chi connectivity index (χ0) is 13.0. The number of halogens is 1. The molecular weight excluding hydrogens is 252 g/mol. The molecule has 2 atom stereocenters. The third-order valence-corrected chi connectivity index (χ3v) is 3.61. The summed E-state index contributed by atoms with van der Waals surface area (Å²) in [6, 6.07) is 5.65. The van der Waals surface area contributed by atoms with Crippen molar-refractivity contribution in [3.63, 3.8) is 0 Å². The summed E-state index contributed by atoms with van der Waals surface area (Å²) in [6.07, 6.45) is 2.17. The average molecular weight is 271 g/mol. The summed E-state index contributed by atoms with van der Waals surface area (Å²) in [5.41, 5.74) is 3.91. The number of ether oxygens (including phenoxy) is 2. The largest absolute Gasteiger partial charge is 0.496 e.